The maximum Gasteiger partial charge on any atom is 0.134 e. The molecular formula is C12H19NO. The van der Waals surface area contributed by atoms with E-state index in [1.54, 1.807) is 0 Å². The second-order valence-electron chi connectivity index (χ2n) is 5.31. The number of fused-ring (bicyclic) bond motifs is 3. The summed E-state index contributed by atoms with van der Waals surface area (Å²) in [4.78, 5) is 13.9. The van der Waals surface area contributed by atoms with Gasteiger partial charge in [-0.05, 0) is 38.0 Å². The first-order valence-corrected chi connectivity index (χ1v) is 6.10. The van der Waals surface area contributed by atoms with Crippen molar-refractivity contribution in [3.05, 3.63) is 0 Å². The second-order valence-corrected chi connectivity index (χ2v) is 5.31. The first-order chi connectivity index (χ1) is 6.83. The van der Waals surface area contributed by atoms with Gasteiger partial charge >= 0.3 is 0 Å². The summed E-state index contributed by atoms with van der Waals surface area (Å²) < 4.78 is 0. The third-order valence-electron chi connectivity index (χ3n) is 4.44. The van der Waals surface area contributed by atoms with Crippen LogP contribution in [0.25, 0.3) is 0 Å². The van der Waals surface area contributed by atoms with Gasteiger partial charge in [0.15, 0.2) is 0 Å². The SMILES string of the molecule is O=C1CCC(N2CC3CCC2CC3)C1. The monoisotopic (exact) mass is 193 g/mol. The van der Waals surface area contributed by atoms with Crippen molar-refractivity contribution in [2.24, 2.45) is 5.92 Å². The Labute approximate surface area is 85.7 Å². The second kappa shape index (κ2) is 3.34. The van der Waals surface area contributed by atoms with Crippen molar-refractivity contribution in [3.63, 3.8) is 0 Å². The van der Waals surface area contributed by atoms with Gasteiger partial charge in [-0.3, -0.25) is 9.69 Å². The third kappa shape index (κ3) is 1.40. The van der Waals surface area contributed by atoms with Gasteiger partial charge in [0, 0.05) is 31.5 Å². The molecule has 2 bridgehead atoms. The summed E-state index contributed by atoms with van der Waals surface area (Å²) in [5.74, 6) is 1.45. The smallest absolute Gasteiger partial charge is 0.134 e. The molecule has 0 amide bonds. The van der Waals surface area contributed by atoms with Crippen LogP contribution in [0, 0.1) is 5.92 Å². The summed E-state index contributed by atoms with van der Waals surface area (Å²) in [5.41, 5.74) is 0. The van der Waals surface area contributed by atoms with E-state index in [1.807, 2.05) is 0 Å². The molecule has 0 aromatic rings. The fourth-order valence-corrected chi connectivity index (χ4v) is 3.63. The standard InChI is InChI=1S/C12H19NO/c14-12-6-5-11(7-12)13-8-9-1-3-10(13)4-2-9/h9-11H,1-8H2. The fraction of sp³-hybridized carbons (Fsp3) is 0.917. The lowest BCUT2D eigenvalue weighted by Gasteiger charge is -2.48. The van der Waals surface area contributed by atoms with Crippen LogP contribution < -0.4 is 0 Å². The molecule has 4 rings (SSSR count). The fourth-order valence-electron chi connectivity index (χ4n) is 3.63. The van der Waals surface area contributed by atoms with Crippen molar-refractivity contribution < 1.29 is 4.79 Å². The van der Waals surface area contributed by atoms with E-state index in [9.17, 15) is 4.79 Å². The number of carbonyl (C=O) groups is 1. The number of hydrogen-bond acceptors (Lipinski definition) is 2. The molecule has 0 N–H and O–H groups in total. The predicted octanol–water partition coefficient (Wildman–Crippen LogP) is 1.98. The first-order valence-electron chi connectivity index (χ1n) is 6.10. The van der Waals surface area contributed by atoms with Crippen molar-refractivity contribution in [2.45, 2.75) is 57.0 Å². The quantitative estimate of drug-likeness (QED) is 0.634. The van der Waals surface area contributed by atoms with Crippen molar-refractivity contribution in [3.8, 4) is 0 Å². The van der Waals surface area contributed by atoms with Crippen LogP contribution in [0.5, 0.6) is 0 Å². The number of hydrogen-bond donors (Lipinski definition) is 0. The Morgan fingerprint density at radius 3 is 2.29 bits per heavy atom. The molecule has 1 atom stereocenters. The molecule has 0 aromatic carbocycles. The average molecular weight is 193 g/mol. The van der Waals surface area contributed by atoms with Gasteiger partial charge in [-0.1, -0.05) is 0 Å². The Morgan fingerprint density at radius 2 is 1.79 bits per heavy atom. The zero-order chi connectivity index (χ0) is 9.54. The van der Waals surface area contributed by atoms with E-state index in [0.29, 0.717) is 11.8 Å². The van der Waals surface area contributed by atoms with Gasteiger partial charge in [-0.2, -0.15) is 0 Å². The average Bonchev–Trinajstić information content (AvgIpc) is 2.66. The van der Waals surface area contributed by atoms with Crippen LogP contribution >= 0.6 is 0 Å². The van der Waals surface area contributed by atoms with E-state index in [0.717, 1.165) is 31.2 Å². The summed E-state index contributed by atoms with van der Waals surface area (Å²) in [6, 6.07) is 1.45. The molecule has 2 saturated heterocycles. The van der Waals surface area contributed by atoms with E-state index < -0.39 is 0 Å². The zero-order valence-electron chi connectivity index (χ0n) is 8.74. The number of carbonyl (C=O) groups excluding carboxylic acids is 1. The maximum atomic E-state index is 11.3. The minimum atomic E-state index is 0.497. The number of rotatable bonds is 1. The van der Waals surface area contributed by atoms with E-state index in [4.69, 9.17) is 0 Å². The molecule has 2 aliphatic heterocycles. The van der Waals surface area contributed by atoms with Crippen LogP contribution in [0.2, 0.25) is 0 Å². The molecule has 2 aliphatic carbocycles. The predicted molar refractivity (Wildman–Crippen MR) is 55.1 cm³/mol. The molecule has 4 fully saturated rings. The molecule has 0 spiro atoms. The molecule has 4 aliphatic rings. The lowest BCUT2D eigenvalue weighted by Crippen LogP contribution is -2.52. The number of piperidine rings is 2. The molecule has 1 unspecified atom stereocenters. The lowest BCUT2D eigenvalue weighted by molar-refractivity contribution is -0.118. The highest BCUT2D eigenvalue weighted by molar-refractivity contribution is 5.81. The Balaban J connectivity index is 1.70. The number of ketones is 1. The first kappa shape index (κ1) is 8.90. The van der Waals surface area contributed by atoms with Crippen molar-refractivity contribution in [2.75, 3.05) is 6.54 Å². The highest BCUT2D eigenvalue weighted by Crippen LogP contribution is 2.38. The number of nitrogens with zero attached hydrogens (tertiary/aromatic N) is 1. The van der Waals surface area contributed by atoms with Gasteiger partial charge in [0.25, 0.3) is 0 Å². The lowest BCUT2D eigenvalue weighted by atomic mass is 9.79. The molecule has 2 heteroatoms. The van der Waals surface area contributed by atoms with E-state index in [-0.39, 0.29) is 0 Å². The van der Waals surface area contributed by atoms with E-state index in [1.165, 1.54) is 32.2 Å². The van der Waals surface area contributed by atoms with Crippen LogP contribution in [0.1, 0.15) is 44.9 Å². The van der Waals surface area contributed by atoms with Gasteiger partial charge in [0.05, 0.1) is 0 Å². The summed E-state index contributed by atoms with van der Waals surface area (Å²) in [7, 11) is 0. The topological polar surface area (TPSA) is 20.3 Å². The van der Waals surface area contributed by atoms with Gasteiger partial charge in [0.1, 0.15) is 5.78 Å². The summed E-state index contributed by atoms with van der Waals surface area (Å²) in [5, 5.41) is 0. The summed E-state index contributed by atoms with van der Waals surface area (Å²) in [6.45, 7) is 1.29. The molecular weight excluding hydrogens is 174 g/mol. The van der Waals surface area contributed by atoms with Gasteiger partial charge in [0.2, 0.25) is 0 Å². The molecule has 0 aromatic heterocycles. The molecule has 14 heavy (non-hydrogen) atoms. The molecule has 2 saturated carbocycles. The van der Waals surface area contributed by atoms with E-state index >= 15 is 0 Å². The highest BCUT2D eigenvalue weighted by Gasteiger charge is 2.39. The minimum absolute atomic E-state index is 0.497. The molecule has 78 valence electrons. The van der Waals surface area contributed by atoms with Gasteiger partial charge in [-0.15, -0.1) is 0 Å². The van der Waals surface area contributed by atoms with Crippen molar-refractivity contribution >= 4 is 5.78 Å². The Hall–Kier alpha value is -0.370. The minimum Gasteiger partial charge on any atom is -0.300 e. The normalized spacial score (nSPS) is 43.4. The van der Waals surface area contributed by atoms with Crippen LogP contribution in [-0.4, -0.2) is 29.3 Å². The van der Waals surface area contributed by atoms with Crippen LogP contribution in [0.3, 0.4) is 0 Å². The van der Waals surface area contributed by atoms with Gasteiger partial charge < -0.3 is 0 Å². The maximum absolute atomic E-state index is 11.3. The van der Waals surface area contributed by atoms with Crippen molar-refractivity contribution in [1.29, 1.82) is 0 Å². The molecule has 2 nitrogen and oxygen atoms in total. The highest BCUT2D eigenvalue weighted by atomic mass is 16.1. The van der Waals surface area contributed by atoms with Crippen LogP contribution in [-0.2, 0) is 4.79 Å². The summed E-state index contributed by atoms with van der Waals surface area (Å²) in [6.07, 6.45) is 8.53. The Morgan fingerprint density at radius 1 is 1.00 bits per heavy atom. The number of Topliss-reactive ketones (excluding diaryl/α,β-unsaturated/α-hetero) is 1. The largest absolute Gasteiger partial charge is 0.300 e. The van der Waals surface area contributed by atoms with Gasteiger partial charge in [-0.25, -0.2) is 0 Å². The third-order valence-corrected chi connectivity index (χ3v) is 4.44. The summed E-state index contributed by atoms with van der Waals surface area (Å²) >= 11 is 0. The Kier molecular flexibility index (Phi) is 2.12. The van der Waals surface area contributed by atoms with Crippen LogP contribution in [0.4, 0.5) is 0 Å². The van der Waals surface area contributed by atoms with Crippen LogP contribution in [0.15, 0.2) is 0 Å². The van der Waals surface area contributed by atoms with Crippen molar-refractivity contribution in [1.82, 2.24) is 4.90 Å². The Bertz CT molecular complexity index is 243. The molecule has 0 radical (unpaired) electrons. The zero-order valence-corrected chi connectivity index (χ0v) is 8.74. The van der Waals surface area contributed by atoms with E-state index in [2.05, 4.69) is 4.90 Å². The molecule has 2 heterocycles.